The van der Waals surface area contributed by atoms with Crippen molar-refractivity contribution < 1.29 is 24.0 Å². The van der Waals surface area contributed by atoms with Crippen molar-refractivity contribution in [3.8, 4) is 11.5 Å². The van der Waals surface area contributed by atoms with Crippen molar-refractivity contribution in [3.05, 3.63) is 69.5 Å². The molecule has 0 atom stereocenters. The van der Waals surface area contributed by atoms with Gasteiger partial charge in [0.1, 0.15) is 5.82 Å². The van der Waals surface area contributed by atoms with Gasteiger partial charge in [-0.3, -0.25) is 14.9 Å². The highest BCUT2D eigenvalue weighted by atomic mass is 19.1. The van der Waals surface area contributed by atoms with Crippen LogP contribution in [0, 0.1) is 15.9 Å². The molecule has 0 aliphatic carbocycles. The van der Waals surface area contributed by atoms with Crippen LogP contribution in [0.3, 0.4) is 0 Å². The molecule has 0 aliphatic rings. The van der Waals surface area contributed by atoms with Crippen LogP contribution in [0.4, 0.5) is 10.1 Å². The van der Waals surface area contributed by atoms with Gasteiger partial charge >= 0.3 is 5.69 Å². The Kier molecular flexibility index (Phi) is 4.70. The van der Waals surface area contributed by atoms with Crippen molar-refractivity contribution in [2.75, 3.05) is 7.11 Å². The van der Waals surface area contributed by atoms with Gasteiger partial charge in [0.15, 0.2) is 11.5 Å². The molecule has 0 saturated carbocycles. The number of carbonyl (C=O) groups excluding carboxylic acids is 1. The van der Waals surface area contributed by atoms with E-state index in [4.69, 9.17) is 4.74 Å². The number of carbonyl (C=O) groups is 1. The molecule has 0 unspecified atom stereocenters. The Labute approximate surface area is 130 Å². The number of aromatic hydroxyl groups is 1. The minimum Gasteiger partial charge on any atom is -0.500 e. The summed E-state index contributed by atoms with van der Waals surface area (Å²) < 4.78 is 17.7. The molecule has 118 valence electrons. The van der Waals surface area contributed by atoms with Gasteiger partial charge in [-0.05, 0) is 42.0 Å². The van der Waals surface area contributed by atoms with Crippen molar-refractivity contribution in [1.29, 1.82) is 0 Å². The Morgan fingerprint density at radius 3 is 2.52 bits per heavy atom. The Morgan fingerprint density at radius 2 is 1.96 bits per heavy atom. The zero-order valence-electron chi connectivity index (χ0n) is 12.0. The standard InChI is InChI=1S/C16H12FNO5/c1-23-15-9-10(8-13(16(15)20)18(21)22)2-7-14(19)11-3-5-12(17)6-4-11/h2-9,20H,1H3/b7-2+. The lowest BCUT2D eigenvalue weighted by Crippen LogP contribution is -1.95. The second-order valence-corrected chi connectivity index (χ2v) is 4.55. The number of hydrogen-bond acceptors (Lipinski definition) is 5. The maximum absolute atomic E-state index is 12.8. The predicted molar refractivity (Wildman–Crippen MR) is 81.1 cm³/mol. The zero-order chi connectivity index (χ0) is 17.0. The monoisotopic (exact) mass is 317 g/mol. The van der Waals surface area contributed by atoms with Crippen LogP contribution in [-0.2, 0) is 0 Å². The molecule has 1 N–H and O–H groups in total. The fourth-order valence-electron chi connectivity index (χ4n) is 1.89. The molecule has 0 aromatic heterocycles. The average molecular weight is 317 g/mol. The van der Waals surface area contributed by atoms with Crippen molar-refractivity contribution in [1.82, 2.24) is 0 Å². The minimum atomic E-state index is -0.753. The maximum Gasteiger partial charge on any atom is 0.315 e. The molecule has 2 rings (SSSR count). The lowest BCUT2D eigenvalue weighted by atomic mass is 10.1. The molecule has 23 heavy (non-hydrogen) atoms. The third-order valence-corrected chi connectivity index (χ3v) is 3.05. The molecule has 0 saturated heterocycles. The third-order valence-electron chi connectivity index (χ3n) is 3.05. The van der Waals surface area contributed by atoms with Crippen LogP contribution in [0.25, 0.3) is 6.08 Å². The number of hydrogen-bond donors (Lipinski definition) is 1. The number of phenols is 1. The molecular weight excluding hydrogens is 305 g/mol. The van der Waals surface area contributed by atoms with E-state index in [1.807, 2.05) is 0 Å². The summed E-state index contributed by atoms with van der Waals surface area (Å²) in [6.07, 6.45) is 2.55. The fourth-order valence-corrected chi connectivity index (χ4v) is 1.89. The van der Waals surface area contributed by atoms with Crippen molar-refractivity contribution in [3.63, 3.8) is 0 Å². The number of benzene rings is 2. The van der Waals surface area contributed by atoms with Crippen LogP contribution >= 0.6 is 0 Å². The molecule has 0 bridgehead atoms. The van der Waals surface area contributed by atoms with Crippen molar-refractivity contribution in [2.45, 2.75) is 0 Å². The molecule has 2 aromatic rings. The van der Waals surface area contributed by atoms with Gasteiger partial charge in [-0.2, -0.15) is 0 Å². The lowest BCUT2D eigenvalue weighted by Gasteiger charge is -2.05. The predicted octanol–water partition coefficient (Wildman–Crippen LogP) is 3.34. The second kappa shape index (κ2) is 6.69. The number of rotatable bonds is 5. The number of halogens is 1. The van der Waals surface area contributed by atoms with E-state index in [9.17, 15) is 24.4 Å². The van der Waals surface area contributed by atoms with Gasteiger partial charge in [-0.25, -0.2) is 4.39 Å². The number of allylic oxidation sites excluding steroid dienone is 1. The van der Waals surface area contributed by atoms with E-state index in [1.165, 1.54) is 37.5 Å². The van der Waals surface area contributed by atoms with Gasteiger partial charge in [0.25, 0.3) is 0 Å². The van der Waals surface area contributed by atoms with Gasteiger partial charge < -0.3 is 9.84 Å². The van der Waals surface area contributed by atoms with Crippen LogP contribution < -0.4 is 4.74 Å². The van der Waals surface area contributed by atoms with Crippen LogP contribution in [0.2, 0.25) is 0 Å². The molecule has 0 spiro atoms. The summed E-state index contributed by atoms with van der Waals surface area (Å²) in [5, 5.41) is 20.6. The van der Waals surface area contributed by atoms with E-state index in [-0.39, 0.29) is 17.1 Å². The first-order chi connectivity index (χ1) is 10.9. The van der Waals surface area contributed by atoms with Crippen molar-refractivity contribution >= 4 is 17.5 Å². The summed E-state index contributed by atoms with van der Waals surface area (Å²) in [5.74, 6) is -1.50. The summed E-state index contributed by atoms with van der Waals surface area (Å²) in [5.41, 5.74) is 0.0583. The number of methoxy groups -OCH3 is 1. The number of nitrogens with zero attached hydrogens (tertiary/aromatic N) is 1. The molecule has 0 amide bonds. The Bertz CT molecular complexity index is 784. The topological polar surface area (TPSA) is 89.7 Å². The highest BCUT2D eigenvalue weighted by Crippen LogP contribution is 2.37. The summed E-state index contributed by atoms with van der Waals surface area (Å²) >= 11 is 0. The van der Waals surface area contributed by atoms with E-state index in [2.05, 4.69) is 0 Å². The Balaban J connectivity index is 2.32. The van der Waals surface area contributed by atoms with Gasteiger partial charge in [-0.15, -0.1) is 0 Å². The molecule has 0 aliphatic heterocycles. The molecule has 0 fully saturated rings. The average Bonchev–Trinajstić information content (AvgIpc) is 2.53. The first-order valence-electron chi connectivity index (χ1n) is 6.45. The first-order valence-corrected chi connectivity index (χ1v) is 6.45. The highest BCUT2D eigenvalue weighted by Gasteiger charge is 2.19. The number of ketones is 1. The summed E-state index contributed by atoms with van der Waals surface area (Å²) in [7, 11) is 1.26. The Hall–Kier alpha value is -3.22. The molecule has 0 radical (unpaired) electrons. The van der Waals surface area contributed by atoms with Crippen LogP contribution in [0.5, 0.6) is 11.5 Å². The van der Waals surface area contributed by atoms with Crippen LogP contribution in [-0.4, -0.2) is 22.9 Å². The number of nitro benzene ring substituents is 1. The maximum atomic E-state index is 12.8. The number of nitro groups is 1. The van der Waals surface area contributed by atoms with E-state index in [0.29, 0.717) is 5.56 Å². The Morgan fingerprint density at radius 1 is 1.30 bits per heavy atom. The third kappa shape index (κ3) is 3.70. The summed E-state index contributed by atoms with van der Waals surface area (Å²) in [4.78, 5) is 22.1. The van der Waals surface area contributed by atoms with Crippen molar-refractivity contribution in [2.24, 2.45) is 0 Å². The minimum absolute atomic E-state index is 0.0759. The number of phenolic OH excluding ortho intramolecular Hbond substituents is 1. The highest BCUT2D eigenvalue weighted by molar-refractivity contribution is 6.06. The van der Waals surface area contributed by atoms with E-state index in [1.54, 1.807) is 0 Å². The zero-order valence-corrected chi connectivity index (χ0v) is 12.0. The van der Waals surface area contributed by atoms with Gasteiger partial charge in [0.2, 0.25) is 5.75 Å². The van der Waals surface area contributed by atoms with Gasteiger partial charge in [-0.1, -0.05) is 6.08 Å². The van der Waals surface area contributed by atoms with E-state index in [0.717, 1.165) is 18.2 Å². The smallest absolute Gasteiger partial charge is 0.315 e. The van der Waals surface area contributed by atoms with Crippen LogP contribution in [0.15, 0.2) is 42.5 Å². The summed E-state index contributed by atoms with van der Waals surface area (Å²) in [6.45, 7) is 0. The van der Waals surface area contributed by atoms with Gasteiger partial charge in [0, 0.05) is 11.6 Å². The van der Waals surface area contributed by atoms with E-state index >= 15 is 0 Å². The largest absolute Gasteiger partial charge is 0.500 e. The first kappa shape index (κ1) is 16.2. The molecule has 7 heteroatoms. The van der Waals surface area contributed by atoms with Gasteiger partial charge in [0.05, 0.1) is 12.0 Å². The van der Waals surface area contributed by atoms with Crippen LogP contribution in [0.1, 0.15) is 15.9 Å². The fraction of sp³-hybridized carbons (Fsp3) is 0.0625. The molecular formula is C16H12FNO5. The second-order valence-electron chi connectivity index (χ2n) is 4.55. The quantitative estimate of drug-likeness (QED) is 0.395. The van der Waals surface area contributed by atoms with E-state index < -0.39 is 22.2 Å². The SMILES string of the molecule is COc1cc(/C=C/C(=O)c2ccc(F)cc2)cc([N+](=O)[O-])c1O. The molecule has 0 heterocycles. The normalized spacial score (nSPS) is 10.7. The summed E-state index contributed by atoms with van der Waals surface area (Å²) in [6, 6.07) is 7.47. The lowest BCUT2D eigenvalue weighted by molar-refractivity contribution is -0.386. The number of ether oxygens (including phenoxy) is 1. The molecule has 2 aromatic carbocycles. The molecule has 6 nitrogen and oxygen atoms in total.